The lowest BCUT2D eigenvalue weighted by atomic mass is 9.91. The molecule has 7 nitrogen and oxygen atoms in total. The third kappa shape index (κ3) is 6.42. The number of aromatic nitrogens is 1. The maximum absolute atomic E-state index is 12.7. The van der Waals surface area contributed by atoms with E-state index in [0.29, 0.717) is 18.0 Å². The summed E-state index contributed by atoms with van der Waals surface area (Å²) in [7, 11) is 0. The molecule has 182 valence electrons. The van der Waals surface area contributed by atoms with E-state index in [1.807, 2.05) is 11.0 Å². The maximum Gasteiger partial charge on any atom is 0.251 e. The van der Waals surface area contributed by atoms with Gasteiger partial charge in [0.25, 0.3) is 5.91 Å². The molecule has 0 radical (unpaired) electrons. The SMILES string of the molecule is CC(=O)N1CCC(Cc2cc(C(=O)NC[C@H](O)CN3CCc4cc(C)ccc4C3)ccn2)CC1. The Morgan fingerprint density at radius 2 is 1.94 bits per heavy atom. The van der Waals surface area contributed by atoms with E-state index in [0.717, 1.165) is 57.6 Å². The maximum atomic E-state index is 12.7. The average molecular weight is 465 g/mol. The molecule has 0 bridgehead atoms. The highest BCUT2D eigenvalue weighted by Gasteiger charge is 2.22. The highest BCUT2D eigenvalue weighted by Crippen LogP contribution is 2.22. The summed E-state index contributed by atoms with van der Waals surface area (Å²) in [6.45, 7) is 7.82. The van der Waals surface area contributed by atoms with E-state index in [1.165, 1.54) is 16.7 Å². The van der Waals surface area contributed by atoms with Crippen LogP contribution in [-0.4, -0.2) is 70.5 Å². The second-order valence-electron chi connectivity index (χ2n) is 9.81. The third-order valence-electron chi connectivity index (χ3n) is 7.06. The van der Waals surface area contributed by atoms with Crippen LogP contribution in [0.3, 0.4) is 0 Å². The van der Waals surface area contributed by atoms with Crippen LogP contribution in [0.25, 0.3) is 0 Å². The van der Waals surface area contributed by atoms with E-state index in [-0.39, 0.29) is 18.4 Å². The predicted molar refractivity (Wildman–Crippen MR) is 131 cm³/mol. The van der Waals surface area contributed by atoms with E-state index < -0.39 is 6.10 Å². The Hall–Kier alpha value is -2.77. The number of piperidine rings is 1. The quantitative estimate of drug-likeness (QED) is 0.657. The van der Waals surface area contributed by atoms with Gasteiger partial charge in [0.15, 0.2) is 0 Å². The summed E-state index contributed by atoms with van der Waals surface area (Å²) in [5, 5.41) is 13.4. The fraction of sp³-hybridized carbons (Fsp3) is 0.519. The van der Waals surface area contributed by atoms with Crippen LogP contribution in [0, 0.1) is 12.8 Å². The summed E-state index contributed by atoms with van der Waals surface area (Å²) >= 11 is 0. The summed E-state index contributed by atoms with van der Waals surface area (Å²) in [6.07, 6.45) is 4.78. The molecule has 0 unspecified atom stereocenters. The Morgan fingerprint density at radius 3 is 2.71 bits per heavy atom. The molecule has 2 aliphatic heterocycles. The minimum Gasteiger partial charge on any atom is -0.390 e. The van der Waals surface area contributed by atoms with Crippen LogP contribution in [0.4, 0.5) is 0 Å². The topological polar surface area (TPSA) is 85.8 Å². The normalized spacial score (nSPS) is 17.8. The Balaban J connectivity index is 1.23. The largest absolute Gasteiger partial charge is 0.390 e. The number of aliphatic hydroxyl groups excluding tert-OH is 1. The number of hydrogen-bond acceptors (Lipinski definition) is 5. The van der Waals surface area contributed by atoms with Crippen molar-refractivity contribution in [1.29, 1.82) is 0 Å². The van der Waals surface area contributed by atoms with Crippen molar-refractivity contribution in [2.24, 2.45) is 5.92 Å². The zero-order valence-electron chi connectivity index (χ0n) is 20.3. The van der Waals surface area contributed by atoms with Gasteiger partial charge in [0, 0.05) is 63.6 Å². The highest BCUT2D eigenvalue weighted by molar-refractivity contribution is 5.94. The monoisotopic (exact) mass is 464 g/mol. The van der Waals surface area contributed by atoms with E-state index in [2.05, 4.69) is 40.3 Å². The Labute approximate surface area is 202 Å². The van der Waals surface area contributed by atoms with Crippen LogP contribution >= 0.6 is 0 Å². The first-order chi connectivity index (χ1) is 16.4. The predicted octanol–water partition coefficient (Wildman–Crippen LogP) is 2.34. The number of hydrogen-bond donors (Lipinski definition) is 2. The van der Waals surface area contributed by atoms with E-state index in [9.17, 15) is 14.7 Å². The van der Waals surface area contributed by atoms with Crippen molar-refractivity contribution in [3.05, 3.63) is 64.5 Å². The third-order valence-corrected chi connectivity index (χ3v) is 7.06. The van der Waals surface area contributed by atoms with Gasteiger partial charge in [0.05, 0.1) is 6.10 Å². The molecule has 1 atom stereocenters. The van der Waals surface area contributed by atoms with Crippen LogP contribution in [-0.2, 0) is 24.2 Å². The molecule has 4 rings (SSSR count). The van der Waals surface area contributed by atoms with E-state index in [4.69, 9.17) is 0 Å². The molecule has 2 aromatic rings. The number of amides is 2. The summed E-state index contributed by atoms with van der Waals surface area (Å²) in [5.41, 5.74) is 5.48. The molecule has 1 fully saturated rings. The van der Waals surface area contributed by atoms with E-state index >= 15 is 0 Å². The van der Waals surface area contributed by atoms with Gasteiger partial charge < -0.3 is 15.3 Å². The number of rotatable bonds is 7. The fourth-order valence-electron chi connectivity index (χ4n) is 5.05. The summed E-state index contributed by atoms with van der Waals surface area (Å²) in [5.74, 6) is 0.424. The second-order valence-corrected chi connectivity index (χ2v) is 9.81. The minimum absolute atomic E-state index is 0.137. The molecule has 1 aromatic heterocycles. The number of nitrogens with zero attached hydrogens (tertiary/aromatic N) is 3. The lowest BCUT2D eigenvalue weighted by molar-refractivity contribution is -0.130. The number of aryl methyl sites for hydroxylation is 1. The minimum atomic E-state index is -0.622. The summed E-state index contributed by atoms with van der Waals surface area (Å²) < 4.78 is 0. The van der Waals surface area contributed by atoms with Crippen molar-refractivity contribution in [3.8, 4) is 0 Å². The molecule has 7 heteroatoms. The molecule has 2 N–H and O–H groups in total. The van der Waals surface area contributed by atoms with Gasteiger partial charge in [0.2, 0.25) is 5.91 Å². The van der Waals surface area contributed by atoms with Gasteiger partial charge in [-0.15, -0.1) is 0 Å². The van der Waals surface area contributed by atoms with Crippen LogP contribution in [0.5, 0.6) is 0 Å². The standard InChI is InChI=1S/C27H36N4O3/c1-19-3-4-24-17-30(10-8-22(24)13-19)18-26(33)16-29-27(34)23-5-9-28-25(15-23)14-21-6-11-31(12-7-21)20(2)32/h3-5,9,13,15,21,26,33H,6-8,10-12,14,16-18H2,1-2H3,(H,29,34)/t26-/m0/s1. The summed E-state index contributed by atoms with van der Waals surface area (Å²) in [6, 6.07) is 10.1. The molecule has 0 spiro atoms. The zero-order chi connectivity index (χ0) is 24.1. The Bertz CT molecular complexity index is 1020. The van der Waals surface area contributed by atoms with Crippen LogP contribution in [0.1, 0.15) is 52.5 Å². The van der Waals surface area contributed by atoms with Crippen molar-refractivity contribution < 1.29 is 14.7 Å². The zero-order valence-corrected chi connectivity index (χ0v) is 20.3. The molecule has 2 aliphatic rings. The van der Waals surface area contributed by atoms with Gasteiger partial charge in [-0.1, -0.05) is 23.8 Å². The lowest BCUT2D eigenvalue weighted by Gasteiger charge is -2.31. The van der Waals surface area contributed by atoms with Gasteiger partial charge >= 0.3 is 0 Å². The number of fused-ring (bicyclic) bond motifs is 1. The van der Waals surface area contributed by atoms with Crippen molar-refractivity contribution in [2.75, 3.05) is 32.7 Å². The van der Waals surface area contributed by atoms with Gasteiger partial charge in [-0.25, -0.2) is 0 Å². The van der Waals surface area contributed by atoms with Crippen LogP contribution in [0.2, 0.25) is 0 Å². The highest BCUT2D eigenvalue weighted by atomic mass is 16.3. The van der Waals surface area contributed by atoms with Gasteiger partial charge in [-0.05, 0) is 61.8 Å². The van der Waals surface area contributed by atoms with Crippen LogP contribution in [0.15, 0.2) is 36.5 Å². The molecular formula is C27H36N4O3. The number of aliphatic hydroxyl groups is 1. The second kappa shape index (κ2) is 11.1. The molecule has 0 saturated carbocycles. The van der Waals surface area contributed by atoms with E-state index in [1.54, 1.807) is 19.2 Å². The van der Waals surface area contributed by atoms with Gasteiger partial charge in [-0.3, -0.25) is 19.5 Å². The first-order valence-electron chi connectivity index (χ1n) is 12.3. The molecule has 2 amide bonds. The number of β-amino-alcohol motifs (C(OH)–C–C–N with tert-alkyl or cyclic N) is 1. The van der Waals surface area contributed by atoms with Crippen molar-refractivity contribution in [3.63, 3.8) is 0 Å². The first-order valence-corrected chi connectivity index (χ1v) is 12.3. The molecule has 1 aromatic carbocycles. The fourth-order valence-corrected chi connectivity index (χ4v) is 5.05. The number of pyridine rings is 1. The Morgan fingerprint density at radius 1 is 1.15 bits per heavy atom. The van der Waals surface area contributed by atoms with Crippen molar-refractivity contribution in [1.82, 2.24) is 20.1 Å². The molecule has 34 heavy (non-hydrogen) atoms. The molecular weight excluding hydrogens is 428 g/mol. The average Bonchev–Trinajstić information content (AvgIpc) is 2.83. The number of carbonyl (C=O) groups excluding carboxylic acids is 2. The Kier molecular flexibility index (Phi) is 7.95. The van der Waals surface area contributed by atoms with Gasteiger partial charge in [-0.2, -0.15) is 0 Å². The number of carbonyl (C=O) groups is 2. The first kappa shape index (κ1) is 24.4. The molecule has 3 heterocycles. The summed E-state index contributed by atoms with van der Waals surface area (Å²) in [4.78, 5) is 32.8. The van der Waals surface area contributed by atoms with Crippen molar-refractivity contribution in [2.45, 2.75) is 52.2 Å². The van der Waals surface area contributed by atoms with Gasteiger partial charge in [0.1, 0.15) is 0 Å². The lowest BCUT2D eigenvalue weighted by Crippen LogP contribution is -2.42. The van der Waals surface area contributed by atoms with Crippen molar-refractivity contribution >= 4 is 11.8 Å². The van der Waals surface area contributed by atoms with Crippen LogP contribution < -0.4 is 5.32 Å². The number of benzene rings is 1. The number of likely N-dealkylation sites (tertiary alicyclic amines) is 1. The molecule has 1 saturated heterocycles. The number of nitrogens with one attached hydrogen (secondary N) is 1. The smallest absolute Gasteiger partial charge is 0.251 e. The molecule has 0 aliphatic carbocycles.